The summed E-state index contributed by atoms with van der Waals surface area (Å²) in [5.74, 6) is -0.452. The van der Waals surface area contributed by atoms with Crippen molar-refractivity contribution in [2.45, 2.75) is 28.1 Å². The van der Waals surface area contributed by atoms with Crippen LogP contribution in [0.2, 0.25) is 0 Å². The Labute approximate surface area is 196 Å². The van der Waals surface area contributed by atoms with Crippen LogP contribution in [0.25, 0.3) is 0 Å². The van der Waals surface area contributed by atoms with Crippen molar-refractivity contribution in [2.75, 3.05) is 15.4 Å². The fourth-order valence-electron chi connectivity index (χ4n) is 3.07. The van der Waals surface area contributed by atoms with E-state index in [-0.39, 0.29) is 17.1 Å². The maximum atomic E-state index is 12.9. The van der Waals surface area contributed by atoms with Gasteiger partial charge in [-0.05, 0) is 73.5 Å². The summed E-state index contributed by atoms with van der Waals surface area (Å²) in [4.78, 5) is 26.2. The molecule has 3 aromatic rings. The second-order valence-corrected chi connectivity index (χ2v) is 9.49. The van der Waals surface area contributed by atoms with Crippen LogP contribution < -0.4 is 15.4 Å². The van der Waals surface area contributed by atoms with Gasteiger partial charge < -0.3 is 15.4 Å². The number of fused-ring (bicyclic) bond motifs is 1. The summed E-state index contributed by atoms with van der Waals surface area (Å²) in [6.45, 7) is 1.82. The molecule has 1 atom stereocenters. The minimum absolute atomic E-state index is 0.108. The number of alkyl halides is 3. The number of hydrogen-bond acceptors (Lipinski definition) is 5. The van der Waals surface area contributed by atoms with E-state index >= 15 is 0 Å². The Morgan fingerprint density at radius 1 is 1.03 bits per heavy atom. The largest absolute Gasteiger partial charge is 0.416 e. The first kappa shape index (κ1) is 23.1. The van der Waals surface area contributed by atoms with E-state index in [1.54, 1.807) is 48.5 Å². The Balaban J connectivity index is 1.42. The van der Waals surface area contributed by atoms with Gasteiger partial charge in [-0.2, -0.15) is 13.2 Å². The summed E-state index contributed by atoms with van der Waals surface area (Å²) in [6, 6.07) is 17.0. The van der Waals surface area contributed by atoms with Crippen LogP contribution in [0.1, 0.15) is 22.8 Å². The highest BCUT2D eigenvalue weighted by Crippen LogP contribution is 2.36. The quantitative estimate of drug-likeness (QED) is 0.357. The van der Waals surface area contributed by atoms with Crippen molar-refractivity contribution in [3.63, 3.8) is 0 Å². The van der Waals surface area contributed by atoms with E-state index in [0.717, 1.165) is 29.0 Å². The highest BCUT2D eigenvalue weighted by Gasteiger charge is 2.30. The SMILES string of the molecule is CC1Sc2ccc(C(=O)Nc3cccc(SNc4cccc(C(F)(F)F)c4)c3)cc2NC1=O. The van der Waals surface area contributed by atoms with Crippen LogP contribution in [0.4, 0.5) is 30.2 Å². The summed E-state index contributed by atoms with van der Waals surface area (Å²) in [7, 11) is 0. The fourth-order valence-corrected chi connectivity index (χ4v) is 4.69. The summed E-state index contributed by atoms with van der Waals surface area (Å²) in [6.07, 6.45) is -4.41. The average molecular weight is 490 g/mol. The third-order valence-corrected chi connectivity index (χ3v) is 6.75. The van der Waals surface area contributed by atoms with Gasteiger partial charge in [-0.3, -0.25) is 9.59 Å². The zero-order valence-electron chi connectivity index (χ0n) is 17.2. The van der Waals surface area contributed by atoms with Gasteiger partial charge in [-0.1, -0.05) is 12.1 Å². The molecule has 1 aliphatic rings. The lowest BCUT2D eigenvalue weighted by Gasteiger charge is -2.21. The van der Waals surface area contributed by atoms with Crippen LogP contribution in [-0.4, -0.2) is 17.1 Å². The van der Waals surface area contributed by atoms with Gasteiger partial charge in [0.15, 0.2) is 0 Å². The lowest BCUT2D eigenvalue weighted by molar-refractivity contribution is -0.137. The van der Waals surface area contributed by atoms with Crippen LogP contribution in [0.3, 0.4) is 0 Å². The molecule has 33 heavy (non-hydrogen) atoms. The summed E-state index contributed by atoms with van der Waals surface area (Å²) >= 11 is 2.57. The maximum Gasteiger partial charge on any atom is 0.416 e. The van der Waals surface area contributed by atoms with Crippen LogP contribution in [-0.2, 0) is 11.0 Å². The minimum Gasteiger partial charge on any atom is -0.326 e. The molecule has 5 nitrogen and oxygen atoms in total. The Hall–Kier alpha value is -3.11. The molecule has 0 aliphatic carbocycles. The molecule has 0 radical (unpaired) electrons. The van der Waals surface area contributed by atoms with Crippen molar-refractivity contribution < 1.29 is 22.8 Å². The summed E-state index contributed by atoms with van der Waals surface area (Å²) in [5.41, 5.74) is 1.10. The lowest BCUT2D eigenvalue weighted by atomic mass is 10.1. The fraction of sp³-hybridized carbons (Fsp3) is 0.130. The molecule has 0 fully saturated rings. The van der Waals surface area contributed by atoms with Crippen molar-refractivity contribution in [3.05, 3.63) is 77.9 Å². The number of nitrogens with one attached hydrogen (secondary N) is 3. The van der Waals surface area contributed by atoms with Gasteiger partial charge in [-0.15, -0.1) is 11.8 Å². The lowest BCUT2D eigenvalue weighted by Crippen LogP contribution is -2.26. The molecular formula is C23H18F3N3O2S2. The predicted octanol–water partition coefficient (Wildman–Crippen LogP) is 6.51. The number of anilines is 3. The average Bonchev–Trinajstić information content (AvgIpc) is 2.78. The molecule has 1 heterocycles. The Kier molecular flexibility index (Phi) is 6.57. The molecule has 2 amide bonds. The van der Waals surface area contributed by atoms with Crippen LogP contribution in [0.15, 0.2) is 76.5 Å². The van der Waals surface area contributed by atoms with Gasteiger partial charge in [0.2, 0.25) is 5.91 Å². The standard InChI is InChI=1S/C23H18F3N3O2S2/c1-13-21(30)28-19-10-14(8-9-20(19)32-13)22(31)27-16-5-3-7-18(12-16)33-29-17-6-2-4-15(11-17)23(24,25)26/h2-13,29H,1H3,(H,27,31)(H,28,30). The molecule has 0 saturated heterocycles. The van der Waals surface area contributed by atoms with Crippen LogP contribution in [0, 0.1) is 0 Å². The molecule has 3 N–H and O–H groups in total. The molecule has 10 heteroatoms. The summed E-state index contributed by atoms with van der Waals surface area (Å²) in [5, 5.41) is 5.41. The molecule has 1 unspecified atom stereocenters. The first-order valence-corrected chi connectivity index (χ1v) is 11.5. The highest BCUT2D eigenvalue weighted by atomic mass is 32.2. The minimum atomic E-state index is -4.41. The normalized spacial score (nSPS) is 15.4. The molecular weight excluding hydrogens is 471 g/mol. The molecule has 1 aliphatic heterocycles. The van der Waals surface area contributed by atoms with Crippen molar-refractivity contribution in [1.82, 2.24) is 0 Å². The maximum absolute atomic E-state index is 12.9. The van der Waals surface area contributed by atoms with Crippen molar-refractivity contribution in [3.8, 4) is 0 Å². The third-order valence-electron chi connectivity index (χ3n) is 4.74. The van der Waals surface area contributed by atoms with Crippen molar-refractivity contribution in [1.29, 1.82) is 0 Å². The van der Waals surface area contributed by atoms with E-state index in [1.165, 1.54) is 17.8 Å². The number of carbonyl (C=O) groups is 2. The van der Waals surface area contributed by atoms with E-state index < -0.39 is 11.7 Å². The van der Waals surface area contributed by atoms with Crippen molar-refractivity contribution in [2.24, 2.45) is 0 Å². The van der Waals surface area contributed by atoms with Gasteiger partial charge in [0, 0.05) is 26.7 Å². The Morgan fingerprint density at radius 2 is 1.79 bits per heavy atom. The zero-order chi connectivity index (χ0) is 23.6. The number of hydrogen-bond donors (Lipinski definition) is 3. The van der Waals surface area contributed by atoms with Gasteiger partial charge in [0.05, 0.1) is 16.5 Å². The molecule has 0 spiro atoms. The van der Waals surface area contributed by atoms with E-state index in [4.69, 9.17) is 0 Å². The van der Waals surface area contributed by atoms with E-state index in [0.29, 0.717) is 27.5 Å². The summed E-state index contributed by atoms with van der Waals surface area (Å²) < 4.78 is 41.5. The van der Waals surface area contributed by atoms with E-state index in [9.17, 15) is 22.8 Å². The van der Waals surface area contributed by atoms with Gasteiger partial charge in [0.1, 0.15) is 0 Å². The third kappa shape index (κ3) is 5.63. The molecule has 4 rings (SSSR count). The Bertz CT molecular complexity index is 1220. The molecule has 3 aromatic carbocycles. The van der Waals surface area contributed by atoms with Crippen molar-refractivity contribution >= 4 is 52.6 Å². The predicted molar refractivity (Wildman–Crippen MR) is 126 cm³/mol. The zero-order valence-corrected chi connectivity index (χ0v) is 18.8. The smallest absolute Gasteiger partial charge is 0.326 e. The number of halogens is 3. The number of carbonyl (C=O) groups excluding carboxylic acids is 2. The Morgan fingerprint density at radius 3 is 2.58 bits per heavy atom. The second-order valence-electron chi connectivity index (χ2n) is 7.22. The first-order chi connectivity index (χ1) is 15.7. The molecule has 0 saturated carbocycles. The second kappa shape index (κ2) is 9.40. The van der Waals surface area contributed by atoms with E-state index in [1.807, 2.05) is 6.92 Å². The van der Waals surface area contributed by atoms with Gasteiger partial charge in [-0.25, -0.2) is 0 Å². The molecule has 0 bridgehead atoms. The molecule has 170 valence electrons. The monoisotopic (exact) mass is 489 g/mol. The van der Waals surface area contributed by atoms with Crippen LogP contribution in [0.5, 0.6) is 0 Å². The van der Waals surface area contributed by atoms with E-state index in [2.05, 4.69) is 15.4 Å². The number of rotatable bonds is 5. The highest BCUT2D eigenvalue weighted by molar-refractivity contribution is 8.01. The first-order valence-electron chi connectivity index (χ1n) is 9.82. The van der Waals surface area contributed by atoms with Gasteiger partial charge in [0.25, 0.3) is 5.91 Å². The molecule has 0 aromatic heterocycles. The van der Waals surface area contributed by atoms with Gasteiger partial charge >= 0.3 is 6.18 Å². The number of thioether (sulfide) groups is 1. The van der Waals surface area contributed by atoms with Crippen LogP contribution >= 0.6 is 23.7 Å². The topological polar surface area (TPSA) is 70.2 Å². The number of amides is 2. The number of benzene rings is 3.